The van der Waals surface area contributed by atoms with Crippen LogP contribution in [0.3, 0.4) is 0 Å². The molecule has 29 heavy (non-hydrogen) atoms. The van der Waals surface area contributed by atoms with E-state index in [0.29, 0.717) is 11.1 Å². The van der Waals surface area contributed by atoms with E-state index in [1.807, 2.05) is 24.3 Å². The Balaban J connectivity index is 2.01. The minimum absolute atomic E-state index is 0.107. The molecule has 1 aliphatic rings. The maximum Gasteiger partial charge on any atom is 0.193 e. The van der Waals surface area contributed by atoms with Crippen LogP contribution in [0.25, 0.3) is 11.6 Å². The Labute approximate surface area is 170 Å². The van der Waals surface area contributed by atoms with Crippen molar-refractivity contribution in [2.75, 3.05) is 14.2 Å². The number of aliphatic hydroxyl groups excluding tert-OH is 1. The summed E-state index contributed by atoms with van der Waals surface area (Å²) in [5, 5.41) is 20.8. The highest BCUT2D eigenvalue weighted by Crippen LogP contribution is 2.41. The molecule has 0 amide bonds. The molecule has 0 heterocycles. The van der Waals surface area contributed by atoms with Crippen LogP contribution in [0, 0.1) is 0 Å². The van der Waals surface area contributed by atoms with Gasteiger partial charge in [0.2, 0.25) is 0 Å². The fraction of sp³-hybridized carbons (Fsp3) is 0.292. The Bertz CT molecular complexity index is 939. The zero-order chi connectivity index (χ0) is 20.8. The van der Waals surface area contributed by atoms with Crippen LogP contribution < -0.4 is 9.47 Å². The van der Waals surface area contributed by atoms with Crippen LogP contribution >= 0.6 is 0 Å². The SMILES string of the molecule is COc1ccc(/C=C/C(=O)c2c(OC)cc(CO)c(C3=CCCCC3)c2O)cc1. The molecule has 3 rings (SSSR count). The van der Waals surface area contributed by atoms with Crippen LogP contribution in [0.15, 0.2) is 42.5 Å². The van der Waals surface area contributed by atoms with Crippen molar-refractivity contribution in [2.45, 2.75) is 32.3 Å². The van der Waals surface area contributed by atoms with Crippen LogP contribution in [-0.2, 0) is 6.61 Å². The van der Waals surface area contributed by atoms with Crippen LogP contribution in [-0.4, -0.2) is 30.2 Å². The number of rotatable bonds is 7. The van der Waals surface area contributed by atoms with E-state index in [4.69, 9.17) is 9.47 Å². The molecule has 0 bridgehead atoms. The molecule has 0 radical (unpaired) electrons. The zero-order valence-electron chi connectivity index (χ0n) is 16.8. The number of aromatic hydroxyl groups is 1. The summed E-state index contributed by atoms with van der Waals surface area (Å²) < 4.78 is 10.5. The van der Waals surface area contributed by atoms with Gasteiger partial charge in [-0.05, 0) is 66.7 Å². The number of ether oxygens (including phenoxy) is 2. The van der Waals surface area contributed by atoms with Gasteiger partial charge in [0.25, 0.3) is 0 Å². The molecule has 2 N–H and O–H groups in total. The largest absolute Gasteiger partial charge is 0.506 e. The lowest BCUT2D eigenvalue weighted by Gasteiger charge is -2.20. The highest BCUT2D eigenvalue weighted by molar-refractivity contribution is 6.11. The molecular formula is C24H26O5. The molecule has 0 spiro atoms. The van der Waals surface area contributed by atoms with E-state index in [-0.39, 0.29) is 29.5 Å². The van der Waals surface area contributed by atoms with Gasteiger partial charge in [-0.15, -0.1) is 0 Å². The van der Waals surface area contributed by atoms with Gasteiger partial charge < -0.3 is 19.7 Å². The van der Waals surface area contributed by atoms with Gasteiger partial charge >= 0.3 is 0 Å². The third kappa shape index (κ3) is 4.51. The van der Waals surface area contributed by atoms with Crippen molar-refractivity contribution in [2.24, 2.45) is 0 Å². The van der Waals surface area contributed by atoms with Gasteiger partial charge in [-0.25, -0.2) is 0 Å². The Morgan fingerprint density at radius 1 is 1.14 bits per heavy atom. The fourth-order valence-electron chi connectivity index (χ4n) is 3.61. The Morgan fingerprint density at radius 3 is 2.48 bits per heavy atom. The summed E-state index contributed by atoms with van der Waals surface area (Å²) in [5.41, 5.74) is 3.02. The maximum atomic E-state index is 12.9. The number of carbonyl (C=O) groups is 1. The van der Waals surface area contributed by atoms with E-state index in [9.17, 15) is 15.0 Å². The summed E-state index contributed by atoms with van der Waals surface area (Å²) >= 11 is 0. The minimum atomic E-state index is -0.364. The summed E-state index contributed by atoms with van der Waals surface area (Å²) in [5.74, 6) is 0.483. The first-order valence-corrected chi connectivity index (χ1v) is 9.68. The van der Waals surface area contributed by atoms with E-state index >= 15 is 0 Å². The van der Waals surface area contributed by atoms with E-state index in [1.165, 1.54) is 13.2 Å². The summed E-state index contributed by atoms with van der Waals surface area (Å²) in [6.07, 6.45) is 9.02. The van der Waals surface area contributed by atoms with Crippen molar-refractivity contribution in [3.63, 3.8) is 0 Å². The van der Waals surface area contributed by atoms with Gasteiger partial charge in [0.05, 0.1) is 20.8 Å². The number of phenols is 1. The summed E-state index contributed by atoms with van der Waals surface area (Å²) in [7, 11) is 3.04. The van der Waals surface area contributed by atoms with E-state index in [2.05, 4.69) is 6.08 Å². The van der Waals surface area contributed by atoms with Crippen LogP contribution in [0.5, 0.6) is 17.2 Å². The number of methoxy groups -OCH3 is 2. The summed E-state index contributed by atoms with van der Waals surface area (Å²) in [4.78, 5) is 12.9. The molecular weight excluding hydrogens is 368 g/mol. The number of allylic oxidation sites excluding steroid dienone is 3. The van der Waals surface area contributed by atoms with Gasteiger partial charge in [0, 0.05) is 5.56 Å². The first kappa shape index (κ1) is 20.7. The van der Waals surface area contributed by atoms with Gasteiger partial charge in [0.1, 0.15) is 22.8 Å². The average molecular weight is 394 g/mol. The number of carbonyl (C=O) groups excluding carboxylic acids is 1. The lowest BCUT2D eigenvalue weighted by molar-refractivity contribution is 0.104. The van der Waals surface area contributed by atoms with Gasteiger partial charge in [-0.2, -0.15) is 0 Å². The molecule has 1 aliphatic carbocycles. The molecule has 0 fully saturated rings. The average Bonchev–Trinajstić information content (AvgIpc) is 2.77. The smallest absolute Gasteiger partial charge is 0.193 e. The number of aliphatic hydroxyl groups is 1. The zero-order valence-corrected chi connectivity index (χ0v) is 16.8. The first-order chi connectivity index (χ1) is 14.1. The number of ketones is 1. The normalized spacial score (nSPS) is 14.0. The topological polar surface area (TPSA) is 76.0 Å². The highest BCUT2D eigenvalue weighted by Gasteiger charge is 2.24. The molecule has 0 aliphatic heterocycles. The molecule has 2 aromatic rings. The number of phenolic OH excluding ortho intramolecular Hbond substituents is 1. The predicted molar refractivity (Wildman–Crippen MR) is 113 cm³/mol. The molecule has 2 aromatic carbocycles. The second-order valence-corrected chi connectivity index (χ2v) is 6.94. The molecule has 0 unspecified atom stereocenters. The molecule has 5 heteroatoms. The van der Waals surface area contributed by atoms with Crippen LogP contribution in [0.4, 0.5) is 0 Å². The third-order valence-electron chi connectivity index (χ3n) is 5.14. The highest BCUT2D eigenvalue weighted by atomic mass is 16.5. The van der Waals surface area contributed by atoms with Crippen molar-refractivity contribution in [3.8, 4) is 17.2 Å². The lowest BCUT2D eigenvalue weighted by atomic mass is 9.87. The van der Waals surface area contributed by atoms with Crippen LogP contribution in [0.1, 0.15) is 52.7 Å². The molecule has 5 nitrogen and oxygen atoms in total. The fourth-order valence-corrected chi connectivity index (χ4v) is 3.61. The second kappa shape index (κ2) is 9.43. The maximum absolute atomic E-state index is 12.9. The number of hydrogen-bond acceptors (Lipinski definition) is 5. The lowest BCUT2D eigenvalue weighted by Crippen LogP contribution is -2.06. The van der Waals surface area contributed by atoms with Crippen molar-refractivity contribution in [1.82, 2.24) is 0 Å². The minimum Gasteiger partial charge on any atom is -0.506 e. The Morgan fingerprint density at radius 2 is 1.90 bits per heavy atom. The monoisotopic (exact) mass is 394 g/mol. The summed E-state index contributed by atoms with van der Waals surface area (Å²) in [6, 6.07) is 8.94. The van der Waals surface area contributed by atoms with E-state index < -0.39 is 0 Å². The van der Waals surface area contributed by atoms with Crippen molar-refractivity contribution in [1.29, 1.82) is 0 Å². The molecule has 152 valence electrons. The van der Waals surface area contributed by atoms with Gasteiger partial charge in [0.15, 0.2) is 5.78 Å². The van der Waals surface area contributed by atoms with Gasteiger partial charge in [-0.3, -0.25) is 4.79 Å². The van der Waals surface area contributed by atoms with Crippen molar-refractivity contribution >= 4 is 17.4 Å². The number of hydrogen-bond donors (Lipinski definition) is 2. The number of benzene rings is 2. The Hall–Kier alpha value is -3.05. The van der Waals surface area contributed by atoms with Crippen molar-refractivity contribution in [3.05, 3.63) is 64.7 Å². The molecule has 0 saturated carbocycles. The van der Waals surface area contributed by atoms with E-state index in [0.717, 1.165) is 42.6 Å². The van der Waals surface area contributed by atoms with Crippen LogP contribution in [0.2, 0.25) is 0 Å². The standard InChI is InChI=1S/C24H26O5/c1-28-19-11-8-16(9-12-19)10-13-20(26)23-21(29-2)14-18(15-25)22(24(23)27)17-6-4-3-5-7-17/h6,8-14,25,27H,3-5,7,15H2,1-2H3/b13-10+. The Kier molecular flexibility index (Phi) is 6.73. The third-order valence-corrected chi connectivity index (χ3v) is 5.14. The second-order valence-electron chi connectivity index (χ2n) is 6.94. The molecule has 0 saturated heterocycles. The van der Waals surface area contributed by atoms with E-state index in [1.54, 1.807) is 19.3 Å². The van der Waals surface area contributed by atoms with Crippen molar-refractivity contribution < 1.29 is 24.5 Å². The van der Waals surface area contributed by atoms with Gasteiger partial charge in [-0.1, -0.05) is 24.3 Å². The predicted octanol–water partition coefficient (Wildman–Crippen LogP) is 4.76. The summed E-state index contributed by atoms with van der Waals surface area (Å²) in [6.45, 7) is -0.243. The first-order valence-electron chi connectivity index (χ1n) is 9.68. The molecule has 0 atom stereocenters. The molecule has 0 aromatic heterocycles. The quantitative estimate of drug-likeness (QED) is 0.523.